The number of hydrogen-bond acceptors (Lipinski definition) is 5. The molecule has 18 heavy (non-hydrogen) atoms. The summed E-state index contributed by atoms with van der Waals surface area (Å²) in [5.74, 6) is 1.31. The largest absolute Gasteiger partial charge is 0.454 e. The van der Waals surface area contributed by atoms with Crippen molar-refractivity contribution in [1.29, 1.82) is 0 Å². The molecule has 1 aliphatic heterocycles. The van der Waals surface area contributed by atoms with E-state index in [4.69, 9.17) is 30.9 Å². The van der Waals surface area contributed by atoms with E-state index in [2.05, 4.69) is 5.32 Å². The number of ether oxygens (including phenoxy) is 3. The average molecular weight is 274 g/mol. The molecule has 100 valence electrons. The van der Waals surface area contributed by atoms with Crippen LogP contribution in [0.2, 0.25) is 5.02 Å². The first-order chi connectivity index (χ1) is 8.81. The summed E-state index contributed by atoms with van der Waals surface area (Å²) in [6.07, 6.45) is 0. The highest BCUT2D eigenvalue weighted by atomic mass is 35.5. The first kappa shape index (κ1) is 13.4. The van der Waals surface area contributed by atoms with Crippen LogP contribution < -0.4 is 14.8 Å². The Morgan fingerprint density at radius 2 is 2.22 bits per heavy atom. The van der Waals surface area contributed by atoms with Gasteiger partial charge in [0.2, 0.25) is 6.79 Å². The quantitative estimate of drug-likeness (QED) is 0.731. The van der Waals surface area contributed by atoms with Crippen molar-refractivity contribution >= 4 is 11.6 Å². The topological polar surface area (TPSA) is 60.0 Å². The number of benzene rings is 1. The summed E-state index contributed by atoms with van der Waals surface area (Å²) < 4.78 is 15.7. The normalized spacial score (nSPS) is 13.0. The van der Waals surface area contributed by atoms with E-state index in [-0.39, 0.29) is 13.4 Å². The molecule has 1 aromatic carbocycles. The molecule has 2 rings (SSSR count). The Morgan fingerprint density at radius 1 is 1.33 bits per heavy atom. The van der Waals surface area contributed by atoms with Crippen LogP contribution in [0.1, 0.15) is 5.56 Å². The minimum atomic E-state index is 0.0533. The molecule has 6 heteroatoms. The molecule has 0 saturated carbocycles. The molecule has 0 radical (unpaired) electrons. The highest BCUT2D eigenvalue weighted by Crippen LogP contribution is 2.39. The summed E-state index contributed by atoms with van der Waals surface area (Å²) >= 11 is 6.07. The van der Waals surface area contributed by atoms with E-state index in [9.17, 15) is 0 Å². The molecule has 0 fully saturated rings. The van der Waals surface area contributed by atoms with E-state index >= 15 is 0 Å². The van der Waals surface area contributed by atoms with Crippen molar-refractivity contribution in [1.82, 2.24) is 5.32 Å². The molecule has 0 unspecified atom stereocenters. The second-order valence-electron chi connectivity index (χ2n) is 3.82. The fraction of sp³-hybridized carbons (Fsp3) is 0.500. The van der Waals surface area contributed by atoms with Gasteiger partial charge >= 0.3 is 0 Å². The lowest BCUT2D eigenvalue weighted by Gasteiger charge is -2.07. The summed E-state index contributed by atoms with van der Waals surface area (Å²) in [4.78, 5) is 0. The summed E-state index contributed by atoms with van der Waals surface area (Å²) in [7, 11) is 0. The highest BCUT2D eigenvalue weighted by molar-refractivity contribution is 6.32. The molecule has 2 N–H and O–H groups in total. The predicted molar refractivity (Wildman–Crippen MR) is 67.2 cm³/mol. The Morgan fingerprint density at radius 3 is 3.06 bits per heavy atom. The third kappa shape index (κ3) is 3.49. The van der Waals surface area contributed by atoms with E-state index in [0.29, 0.717) is 42.8 Å². The zero-order valence-corrected chi connectivity index (χ0v) is 10.7. The van der Waals surface area contributed by atoms with Gasteiger partial charge in [-0.2, -0.15) is 0 Å². The van der Waals surface area contributed by atoms with E-state index in [1.165, 1.54) is 0 Å². The molecular formula is C12H16ClNO4. The average Bonchev–Trinajstić information content (AvgIpc) is 2.82. The van der Waals surface area contributed by atoms with E-state index in [0.717, 1.165) is 5.56 Å². The summed E-state index contributed by atoms with van der Waals surface area (Å²) in [5.41, 5.74) is 1.03. The van der Waals surface area contributed by atoms with Crippen molar-refractivity contribution < 1.29 is 19.3 Å². The van der Waals surface area contributed by atoms with Crippen LogP contribution in [0.25, 0.3) is 0 Å². The second kappa shape index (κ2) is 6.80. The van der Waals surface area contributed by atoms with Gasteiger partial charge in [0.25, 0.3) is 0 Å². The molecule has 0 spiro atoms. The van der Waals surface area contributed by atoms with Crippen LogP contribution in [-0.4, -0.2) is 38.3 Å². The van der Waals surface area contributed by atoms with Gasteiger partial charge in [-0.1, -0.05) is 11.6 Å². The Balaban J connectivity index is 1.78. The summed E-state index contributed by atoms with van der Waals surface area (Å²) in [6, 6.07) is 3.77. The third-order valence-electron chi connectivity index (χ3n) is 2.47. The van der Waals surface area contributed by atoms with Gasteiger partial charge in [-0.05, 0) is 17.7 Å². The molecule has 0 atom stereocenters. The van der Waals surface area contributed by atoms with Crippen molar-refractivity contribution in [3.63, 3.8) is 0 Å². The Bertz CT molecular complexity index is 400. The second-order valence-corrected chi connectivity index (χ2v) is 4.23. The molecule has 0 saturated heterocycles. The molecule has 1 aliphatic rings. The molecule has 0 aromatic heterocycles. The number of fused-ring (bicyclic) bond motifs is 1. The zero-order valence-electron chi connectivity index (χ0n) is 9.95. The van der Waals surface area contributed by atoms with Gasteiger partial charge in [0, 0.05) is 13.1 Å². The minimum Gasteiger partial charge on any atom is -0.454 e. The lowest BCUT2D eigenvalue weighted by atomic mass is 10.2. The molecule has 0 bridgehead atoms. The molecule has 5 nitrogen and oxygen atoms in total. The lowest BCUT2D eigenvalue weighted by molar-refractivity contribution is 0.0938. The molecule has 1 heterocycles. The van der Waals surface area contributed by atoms with Gasteiger partial charge < -0.3 is 24.6 Å². The van der Waals surface area contributed by atoms with Crippen LogP contribution in [-0.2, 0) is 11.3 Å². The van der Waals surface area contributed by atoms with Crippen LogP contribution in [0.4, 0.5) is 0 Å². The number of aliphatic hydroxyl groups excluding tert-OH is 1. The smallest absolute Gasteiger partial charge is 0.231 e. The number of nitrogens with one attached hydrogen (secondary N) is 1. The van der Waals surface area contributed by atoms with Crippen molar-refractivity contribution in [2.75, 3.05) is 33.2 Å². The van der Waals surface area contributed by atoms with Crippen molar-refractivity contribution in [3.05, 3.63) is 22.7 Å². The van der Waals surface area contributed by atoms with Gasteiger partial charge in [-0.25, -0.2) is 0 Å². The van der Waals surface area contributed by atoms with E-state index < -0.39 is 0 Å². The molecule has 0 amide bonds. The maximum absolute atomic E-state index is 8.54. The van der Waals surface area contributed by atoms with Gasteiger partial charge in [0.05, 0.1) is 24.8 Å². The maximum Gasteiger partial charge on any atom is 0.231 e. The van der Waals surface area contributed by atoms with Crippen LogP contribution in [0, 0.1) is 0 Å². The van der Waals surface area contributed by atoms with Crippen LogP contribution in [0.5, 0.6) is 11.5 Å². The Kier molecular flexibility index (Phi) is 5.07. The lowest BCUT2D eigenvalue weighted by Crippen LogP contribution is -2.20. The molecular weight excluding hydrogens is 258 g/mol. The van der Waals surface area contributed by atoms with Gasteiger partial charge in [-0.15, -0.1) is 0 Å². The highest BCUT2D eigenvalue weighted by Gasteiger charge is 2.17. The van der Waals surface area contributed by atoms with Crippen LogP contribution in [0.15, 0.2) is 12.1 Å². The minimum absolute atomic E-state index is 0.0533. The molecule has 0 aliphatic carbocycles. The zero-order chi connectivity index (χ0) is 12.8. The Hall–Kier alpha value is -1.01. The van der Waals surface area contributed by atoms with Crippen molar-refractivity contribution in [2.24, 2.45) is 0 Å². The Labute approximate surface area is 111 Å². The molecule has 1 aromatic rings. The first-order valence-electron chi connectivity index (χ1n) is 5.78. The van der Waals surface area contributed by atoms with Crippen LogP contribution in [0.3, 0.4) is 0 Å². The number of halogens is 1. The standard InChI is InChI=1S/C12H16ClNO4/c13-10-5-9(6-11-12(10)18-8-17-11)7-14-1-3-16-4-2-15/h5-6,14-15H,1-4,7-8H2. The third-order valence-corrected chi connectivity index (χ3v) is 2.76. The number of aliphatic hydroxyl groups is 1. The first-order valence-corrected chi connectivity index (χ1v) is 6.16. The monoisotopic (exact) mass is 273 g/mol. The number of rotatable bonds is 7. The summed E-state index contributed by atoms with van der Waals surface area (Å²) in [5, 5.41) is 12.3. The van der Waals surface area contributed by atoms with Crippen molar-refractivity contribution in [3.8, 4) is 11.5 Å². The fourth-order valence-electron chi connectivity index (χ4n) is 1.67. The fourth-order valence-corrected chi connectivity index (χ4v) is 1.95. The van der Waals surface area contributed by atoms with Crippen LogP contribution >= 0.6 is 11.6 Å². The number of hydrogen-bond donors (Lipinski definition) is 2. The van der Waals surface area contributed by atoms with E-state index in [1.54, 1.807) is 0 Å². The summed E-state index contributed by atoms with van der Waals surface area (Å²) in [6.45, 7) is 2.61. The van der Waals surface area contributed by atoms with E-state index in [1.807, 2.05) is 12.1 Å². The predicted octanol–water partition coefficient (Wildman–Crippen LogP) is 1.17. The van der Waals surface area contributed by atoms with Gasteiger partial charge in [0.1, 0.15) is 0 Å². The van der Waals surface area contributed by atoms with Crippen molar-refractivity contribution in [2.45, 2.75) is 6.54 Å². The van der Waals surface area contributed by atoms with Gasteiger partial charge in [0.15, 0.2) is 11.5 Å². The maximum atomic E-state index is 8.54. The van der Waals surface area contributed by atoms with Gasteiger partial charge in [-0.3, -0.25) is 0 Å². The SMILES string of the molecule is OCCOCCNCc1cc(Cl)c2c(c1)OCO2.